The number of rotatable bonds is 6. The molecule has 0 bridgehead atoms. The summed E-state index contributed by atoms with van der Waals surface area (Å²) in [6.07, 6.45) is 1.91. The van der Waals surface area contributed by atoms with Gasteiger partial charge in [0, 0.05) is 0 Å². The number of anilines is 1. The predicted octanol–water partition coefficient (Wildman–Crippen LogP) is 2.67. The number of benzene rings is 1. The zero-order valence-corrected chi connectivity index (χ0v) is 22.8. The van der Waals surface area contributed by atoms with Crippen LogP contribution >= 0.6 is 56.9 Å². The number of carboxylic acids is 1. The van der Waals surface area contributed by atoms with Crippen molar-refractivity contribution in [1.29, 1.82) is 0 Å². The van der Waals surface area contributed by atoms with Crippen molar-refractivity contribution in [2.45, 2.75) is 18.7 Å². The third-order valence-corrected chi connectivity index (χ3v) is 11.4. The van der Waals surface area contributed by atoms with Crippen molar-refractivity contribution in [2.75, 3.05) is 11.4 Å². The van der Waals surface area contributed by atoms with E-state index in [2.05, 4.69) is 22.6 Å². The molecule has 1 N–H and O–H groups in total. The molecule has 0 amide bonds. The van der Waals surface area contributed by atoms with E-state index in [0.717, 1.165) is 32.2 Å². The standard InChI is InChI=1S/C18H14ClIN2O5S3Se/c1-9(30(25,26)27)7-22-15(28-12-5-14(20)29-18(12)22)6-16-21(8-17(23)24)11-4-10(19)2-3-13(11)31-16/h2-6,9H,7-8H2,1H3,(H-,23,24,25,26,27). The van der Waals surface area contributed by atoms with Gasteiger partial charge in [0.05, 0.1) is 0 Å². The van der Waals surface area contributed by atoms with E-state index in [0.29, 0.717) is 5.02 Å². The summed E-state index contributed by atoms with van der Waals surface area (Å²) in [5.41, 5.74) is 0.774. The molecule has 31 heavy (non-hydrogen) atoms. The predicted molar refractivity (Wildman–Crippen MR) is 132 cm³/mol. The van der Waals surface area contributed by atoms with E-state index in [9.17, 15) is 22.9 Å². The molecule has 164 valence electrons. The fourth-order valence-corrected chi connectivity index (χ4v) is 9.39. The Bertz CT molecular complexity index is 1340. The number of thiazole rings is 1. The molecule has 7 nitrogen and oxygen atoms in total. The average molecular weight is 676 g/mol. The van der Waals surface area contributed by atoms with E-state index in [4.69, 9.17) is 11.6 Å². The van der Waals surface area contributed by atoms with Crippen molar-refractivity contribution in [2.24, 2.45) is 0 Å². The molecule has 0 radical (unpaired) electrons. The summed E-state index contributed by atoms with van der Waals surface area (Å²) in [4.78, 5) is 14.1. The Morgan fingerprint density at radius 3 is 2.84 bits per heavy atom. The van der Waals surface area contributed by atoms with Gasteiger partial charge in [0.1, 0.15) is 0 Å². The Morgan fingerprint density at radius 2 is 2.16 bits per heavy atom. The molecule has 0 saturated carbocycles. The van der Waals surface area contributed by atoms with Crippen LogP contribution in [-0.2, 0) is 21.5 Å². The average Bonchev–Trinajstić information content (AvgIpc) is 3.27. The van der Waals surface area contributed by atoms with Crippen LogP contribution in [-0.4, -0.2) is 50.8 Å². The van der Waals surface area contributed by atoms with Gasteiger partial charge in [0.2, 0.25) is 0 Å². The monoisotopic (exact) mass is 676 g/mol. The number of fused-ring (bicyclic) bond motifs is 2. The fourth-order valence-electron chi connectivity index (χ4n) is 3.08. The van der Waals surface area contributed by atoms with E-state index >= 15 is 0 Å². The molecule has 0 saturated heterocycles. The molecule has 1 atom stereocenters. The van der Waals surface area contributed by atoms with Crippen molar-refractivity contribution in [3.63, 3.8) is 0 Å². The van der Waals surface area contributed by atoms with Crippen molar-refractivity contribution >= 4 is 114 Å². The van der Waals surface area contributed by atoms with Crippen LogP contribution in [0.4, 0.5) is 5.69 Å². The molecule has 1 aliphatic rings. The molecule has 3 aromatic rings. The second-order valence-electron chi connectivity index (χ2n) is 6.75. The topological polar surface area (TPSA) is 102 Å². The van der Waals surface area contributed by atoms with E-state index in [1.165, 1.54) is 29.6 Å². The van der Waals surface area contributed by atoms with E-state index in [1.54, 1.807) is 17.0 Å². The number of carboxylic acid groups (broad SMARTS) is 1. The molecule has 0 fully saturated rings. The van der Waals surface area contributed by atoms with Gasteiger partial charge in [-0.2, -0.15) is 0 Å². The number of nitrogens with zero attached hydrogens (tertiary/aromatic N) is 2. The normalized spacial score (nSPS) is 16.3. The van der Waals surface area contributed by atoms with Crippen LogP contribution in [0.3, 0.4) is 0 Å². The van der Waals surface area contributed by atoms with Crippen LogP contribution in [0.15, 0.2) is 28.9 Å². The van der Waals surface area contributed by atoms with Gasteiger partial charge in [-0.1, -0.05) is 0 Å². The van der Waals surface area contributed by atoms with Crippen molar-refractivity contribution in [1.82, 2.24) is 0 Å². The Balaban J connectivity index is 1.82. The Labute approximate surface area is 211 Å². The fraction of sp³-hybridized carbons (Fsp3) is 0.222. The van der Waals surface area contributed by atoms with Crippen LogP contribution < -0.4 is 13.9 Å². The zero-order valence-electron chi connectivity index (χ0n) is 15.7. The zero-order chi connectivity index (χ0) is 22.5. The van der Waals surface area contributed by atoms with Gasteiger partial charge in [0.15, 0.2) is 0 Å². The first-order valence-corrected chi connectivity index (χ1v) is 15.0. The number of hydrogen-bond donors (Lipinski definition) is 1. The van der Waals surface area contributed by atoms with Crippen molar-refractivity contribution in [3.8, 4) is 0 Å². The number of aromatic nitrogens is 1. The maximum absolute atomic E-state index is 11.5. The third kappa shape index (κ3) is 4.96. The molecule has 1 aliphatic heterocycles. The number of thiophene rings is 1. The van der Waals surface area contributed by atoms with Gasteiger partial charge in [-0.15, -0.1) is 0 Å². The Kier molecular flexibility index (Phi) is 6.73. The molecule has 0 aliphatic carbocycles. The summed E-state index contributed by atoms with van der Waals surface area (Å²) in [5.74, 6) is -0.963. The van der Waals surface area contributed by atoms with Crippen LogP contribution in [0.25, 0.3) is 15.6 Å². The summed E-state index contributed by atoms with van der Waals surface area (Å²) >= 11 is 11.2. The van der Waals surface area contributed by atoms with Gasteiger partial charge in [-0.25, -0.2) is 0 Å². The van der Waals surface area contributed by atoms with Gasteiger partial charge in [-0.05, 0) is 0 Å². The van der Waals surface area contributed by atoms with Crippen LogP contribution in [0.2, 0.25) is 5.02 Å². The second-order valence-corrected chi connectivity index (χ2v) is 15.2. The quantitative estimate of drug-likeness (QED) is 0.187. The third-order valence-electron chi connectivity index (χ3n) is 4.54. The second kappa shape index (κ2) is 8.90. The molecule has 1 unspecified atom stereocenters. The SMILES string of the molecule is CC(C[n+]1c(C=C2[Se]c3ccc(Cl)cc3N2CC(=O)O)sc2cc(I)sc21)S(=O)(=O)[O-]. The number of hydrogen-bond acceptors (Lipinski definition) is 7. The maximum atomic E-state index is 11.5. The first kappa shape index (κ1) is 23.4. The van der Waals surface area contributed by atoms with Gasteiger partial charge in [-0.3, -0.25) is 0 Å². The van der Waals surface area contributed by atoms with E-state index < -0.39 is 21.3 Å². The minimum absolute atomic E-state index is 0.0340. The van der Waals surface area contributed by atoms with Gasteiger partial charge >= 0.3 is 213 Å². The van der Waals surface area contributed by atoms with Crippen molar-refractivity contribution in [3.05, 3.63) is 41.8 Å². The number of aliphatic carboxylic acids is 1. The minimum atomic E-state index is -4.44. The molecule has 13 heteroatoms. The molecule has 0 spiro atoms. The summed E-state index contributed by atoms with van der Waals surface area (Å²) < 4.78 is 40.4. The Hall–Kier alpha value is -0.731. The van der Waals surface area contributed by atoms with Crippen LogP contribution in [0, 0.1) is 2.88 Å². The molecular formula is C18H14ClIN2O5S3Se. The first-order chi connectivity index (χ1) is 14.5. The summed E-state index contributed by atoms with van der Waals surface area (Å²) in [6.45, 7) is 1.23. The summed E-state index contributed by atoms with van der Waals surface area (Å²) in [5, 5.41) is 9.65. The molecule has 4 rings (SSSR count). The van der Waals surface area contributed by atoms with E-state index in [-0.39, 0.29) is 28.0 Å². The molecule has 3 heterocycles. The number of halogens is 2. The first-order valence-electron chi connectivity index (χ1n) is 8.77. The summed E-state index contributed by atoms with van der Waals surface area (Å²) in [6, 6.07) is 7.47. The Morgan fingerprint density at radius 1 is 1.42 bits per heavy atom. The van der Waals surface area contributed by atoms with Crippen LogP contribution in [0.1, 0.15) is 11.9 Å². The van der Waals surface area contributed by atoms with E-state index in [1.807, 2.05) is 22.8 Å². The number of carbonyl (C=O) groups is 1. The van der Waals surface area contributed by atoms with Crippen LogP contribution in [0.5, 0.6) is 0 Å². The van der Waals surface area contributed by atoms with Gasteiger partial charge < -0.3 is 0 Å². The van der Waals surface area contributed by atoms with Gasteiger partial charge in [0.25, 0.3) is 0 Å². The summed E-state index contributed by atoms with van der Waals surface area (Å²) in [7, 11) is -4.44. The molecule has 1 aromatic carbocycles. The van der Waals surface area contributed by atoms with Crippen molar-refractivity contribution < 1.29 is 27.4 Å². The molecule has 2 aromatic heterocycles. The molecular weight excluding hydrogens is 662 g/mol.